The van der Waals surface area contributed by atoms with Crippen molar-refractivity contribution in [3.8, 4) is 39.1 Å². The number of furan rings is 1. The molecular weight excluding hydrogens is 777 g/mol. The molecule has 0 amide bonds. The summed E-state index contributed by atoms with van der Waals surface area (Å²) in [5, 5.41) is 7.15. The van der Waals surface area contributed by atoms with E-state index >= 15 is 0 Å². The van der Waals surface area contributed by atoms with Crippen LogP contribution in [0.3, 0.4) is 0 Å². The summed E-state index contributed by atoms with van der Waals surface area (Å²) in [6, 6.07) is 79.7. The number of nitrogens with zero attached hydrogens (tertiary/aromatic N) is 2. The molecule has 0 N–H and O–H groups in total. The normalized spacial score (nSPS) is 13.0. The van der Waals surface area contributed by atoms with Gasteiger partial charge in [-0.2, -0.15) is 0 Å². The Morgan fingerprint density at radius 1 is 0.391 bits per heavy atom. The molecule has 3 nitrogen and oxygen atoms in total. The van der Waals surface area contributed by atoms with Gasteiger partial charge in [0, 0.05) is 55.5 Å². The van der Waals surface area contributed by atoms with Crippen LogP contribution in [-0.4, -0.2) is 4.57 Å². The lowest BCUT2D eigenvalue weighted by molar-refractivity contribution is 0.660. The van der Waals surface area contributed by atoms with E-state index in [4.69, 9.17) is 4.42 Å². The molecule has 2 aromatic heterocycles. The van der Waals surface area contributed by atoms with Crippen molar-refractivity contribution in [2.75, 3.05) is 4.90 Å². The zero-order chi connectivity index (χ0) is 42.5. The zero-order valence-corrected chi connectivity index (χ0v) is 35.6. The fraction of sp³-hybridized carbons (Fsp3) is 0.0492. The summed E-state index contributed by atoms with van der Waals surface area (Å²) >= 11 is 0. The van der Waals surface area contributed by atoms with E-state index < -0.39 is 0 Å². The molecule has 0 atom stereocenters. The van der Waals surface area contributed by atoms with E-state index in [2.05, 4.69) is 230 Å². The molecule has 3 heteroatoms. The van der Waals surface area contributed by atoms with Gasteiger partial charge in [-0.1, -0.05) is 159 Å². The van der Waals surface area contributed by atoms with Crippen molar-refractivity contribution in [3.05, 3.63) is 230 Å². The fourth-order valence-electron chi connectivity index (χ4n) is 10.7. The highest BCUT2D eigenvalue weighted by molar-refractivity contribution is 6.12. The van der Waals surface area contributed by atoms with Crippen LogP contribution in [0.4, 0.5) is 17.1 Å². The molecule has 13 rings (SSSR count). The zero-order valence-electron chi connectivity index (χ0n) is 35.6. The molecule has 0 bridgehead atoms. The van der Waals surface area contributed by atoms with Crippen molar-refractivity contribution < 1.29 is 4.42 Å². The molecule has 0 fully saturated rings. The molecule has 0 spiro atoms. The first kappa shape index (κ1) is 36.5. The smallest absolute Gasteiger partial charge is 0.137 e. The summed E-state index contributed by atoms with van der Waals surface area (Å²) < 4.78 is 8.72. The molecule has 2 heterocycles. The van der Waals surface area contributed by atoms with Gasteiger partial charge in [-0.3, -0.25) is 0 Å². The predicted molar refractivity (Wildman–Crippen MR) is 269 cm³/mol. The summed E-state index contributed by atoms with van der Waals surface area (Å²) in [5.74, 6) is 0. The average molecular weight is 819 g/mol. The minimum Gasteiger partial charge on any atom is -0.456 e. The quantitative estimate of drug-likeness (QED) is 0.167. The first-order valence-electron chi connectivity index (χ1n) is 22.2. The Kier molecular flexibility index (Phi) is 7.95. The first-order chi connectivity index (χ1) is 31.5. The largest absolute Gasteiger partial charge is 0.456 e. The van der Waals surface area contributed by atoms with E-state index in [0.29, 0.717) is 0 Å². The van der Waals surface area contributed by atoms with Gasteiger partial charge in [-0.25, -0.2) is 0 Å². The standard InChI is InChI=1S/C61H42N2O/c1-61(2)54-22-10-7-19-48(54)49-33-31-43(37-55(49)61)62(56-24-13-15-39-14-3-4-18-47(39)56)42-29-26-40(27-30-42)45-16-5-6-17-46(45)41-28-35-58-53(36-41)50-20-8-11-23-57(50)63(58)44-32-34-52-51-21-9-12-25-59(51)64-60(52)38-44/h3-38H,1-2H3. The predicted octanol–water partition coefficient (Wildman–Crippen LogP) is 16.9. The molecule has 0 saturated carbocycles. The molecule has 64 heavy (non-hydrogen) atoms. The van der Waals surface area contributed by atoms with Crippen LogP contribution in [-0.2, 0) is 5.41 Å². The number of hydrogen-bond acceptors (Lipinski definition) is 2. The Morgan fingerprint density at radius 3 is 1.88 bits per heavy atom. The number of hydrogen-bond donors (Lipinski definition) is 0. The van der Waals surface area contributed by atoms with Crippen molar-refractivity contribution >= 4 is 71.6 Å². The van der Waals surface area contributed by atoms with Crippen LogP contribution < -0.4 is 4.90 Å². The summed E-state index contributed by atoms with van der Waals surface area (Å²) in [5.41, 5.74) is 18.7. The van der Waals surface area contributed by atoms with E-state index in [1.54, 1.807) is 0 Å². The van der Waals surface area contributed by atoms with Crippen LogP contribution in [0.1, 0.15) is 25.0 Å². The van der Waals surface area contributed by atoms with Crippen LogP contribution in [0.2, 0.25) is 0 Å². The fourth-order valence-corrected chi connectivity index (χ4v) is 10.7. The Morgan fingerprint density at radius 2 is 1.02 bits per heavy atom. The lowest BCUT2D eigenvalue weighted by atomic mass is 9.82. The van der Waals surface area contributed by atoms with Crippen molar-refractivity contribution in [1.29, 1.82) is 0 Å². The van der Waals surface area contributed by atoms with Crippen LogP contribution in [0.5, 0.6) is 0 Å². The maximum absolute atomic E-state index is 6.35. The maximum Gasteiger partial charge on any atom is 0.137 e. The molecule has 10 aromatic carbocycles. The Bertz CT molecular complexity index is 3820. The summed E-state index contributed by atoms with van der Waals surface area (Å²) in [6.07, 6.45) is 0. The number of anilines is 3. The lowest BCUT2D eigenvalue weighted by Crippen LogP contribution is -2.16. The van der Waals surface area contributed by atoms with Crippen molar-refractivity contribution in [2.45, 2.75) is 19.3 Å². The second-order valence-electron chi connectivity index (χ2n) is 17.7. The van der Waals surface area contributed by atoms with E-state index in [0.717, 1.165) is 50.2 Å². The third-order valence-electron chi connectivity index (χ3n) is 13.8. The molecule has 0 radical (unpaired) electrons. The molecule has 1 aliphatic rings. The Labute approximate surface area is 371 Å². The van der Waals surface area contributed by atoms with Crippen molar-refractivity contribution in [3.63, 3.8) is 0 Å². The minimum absolute atomic E-state index is 0.110. The highest BCUT2D eigenvalue weighted by atomic mass is 16.3. The molecule has 302 valence electrons. The van der Waals surface area contributed by atoms with Crippen molar-refractivity contribution in [2.24, 2.45) is 0 Å². The molecule has 0 saturated heterocycles. The molecule has 12 aromatic rings. The van der Waals surface area contributed by atoms with Gasteiger partial charge < -0.3 is 13.9 Å². The number of para-hydroxylation sites is 2. The van der Waals surface area contributed by atoms with Gasteiger partial charge >= 0.3 is 0 Å². The van der Waals surface area contributed by atoms with Crippen LogP contribution in [0, 0.1) is 0 Å². The van der Waals surface area contributed by atoms with Gasteiger partial charge in [0.2, 0.25) is 0 Å². The number of aromatic nitrogens is 1. The van der Waals surface area contributed by atoms with E-state index in [-0.39, 0.29) is 5.41 Å². The highest BCUT2D eigenvalue weighted by Gasteiger charge is 2.36. The number of fused-ring (bicyclic) bond motifs is 10. The topological polar surface area (TPSA) is 21.3 Å². The van der Waals surface area contributed by atoms with E-state index in [1.165, 1.54) is 71.6 Å². The van der Waals surface area contributed by atoms with Gasteiger partial charge in [0.15, 0.2) is 0 Å². The van der Waals surface area contributed by atoms with Gasteiger partial charge in [0.1, 0.15) is 11.2 Å². The minimum atomic E-state index is -0.110. The summed E-state index contributed by atoms with van der Waals surface area (Å²) in [4.78, 5) is 2.44. The van der Waals surface area contributed by atoms with Crippen LogP contribution in [0.25, 0.3) is 93.6 Å². The third kappa shape index (κ3) is 5.47. The first-order valence-corrected chi connectivity index (χ1v) is 22.2. The molecular formula is C61H42N2O. The van der Waals surface area contributed by atoms with E-state index in [1.807, 2.05) is 12.1 Å². The summed E-state index contributed by atoms with van der Waals surface area (Å²) in [6.45, 7) is 4.71. The SMILES string of the molecule is CC1(C)c2ccccc2-c2ccc(N(c3ccc(-c4ccccc4-c4ccc5c(c4)c4ccccc4n5-c4ccc5c(c4)oc4ccccc45)cc3)c3cccc4ccccc34)cc21. The molecule has 1 aliphatic carbocycles. The molecule has 0 unspecified atom stereocenters. The van der Waals surface area contributed by atoms with Crippen molar-refractivity contribution in [1.82, 2.24) is 4.57 Å². The monoisotopic (exact) mass is 818 g/mol. The maximum atomic E-state index is 6.35. The van der Waals surface area contributed by atoms with Gasteiger partial charge in [0.05, 0.1) is 16.7 Å². The molecule has 0 aliphatic heterocycles. The Balaban J connectivity index is 0.913. The second-order valence-corrected chi connectivity index (χ2v) is 17.7. The second kappa shape index (κ2) is 13.9. The number of rotatable bonds is 6. The Hall–Kier alpha value is -8.14. The van der Waals surface area contributed by atoms with Gasteiger partial charge in [-0.15, -0.1) is 0 Å². The summed E-state index contributed by atoms with van der Waals surface area (Å²) in [7, 11) is 0. The van der Waals surface area contributed by atoms with Gasteiger partial charge in [0.25, 0.3) is 0 Å². The third-order valence-corrected chi connectivity index (χ3v) is 13.8. The van der Waals surface area contributed by atoms with E-state index in [9.17, 15) is 0 Å². The van der Waals surface area contributed by atoms with Crippen LogP contribution in [0.15, 0.2) is 223 Å². The number of benzene rings is 10. The average Bonchev–Trinajstić information content (AvgIpc) is 3.96. The highest BCUT2D eigenvalue weighted by Crippen LogP contribution is 2.51. The van der Waals surface area contributed by atoms with Gasteiger partial charge in [-0.05, 0) is 117 Å². The van der Waals surface area contributed by atoms with Crippen LogP contribution >= 0.6 is 0 Å². The lowest BCUT2D eigenvalue weighted by Gasteiger charge is -2.29.